The molecule has 0 aliphatic heterocycles. The van der Waals surface area contributed by atoms with Gasteiger partial charge in [-0.15, -0.1) is 0 Å². The van der Waals surface area contributed by atoms with Crippen LogP contribution in [0.15, 0.2) is 33.5 Å². The summed E-state index contributed by atoms with van der Waals surface area (Å²) in [6.45, 7) is 0.960. The van der Waals surface area contributed by atoms with E-state index in [0.29, 0.717) is 11.9 Å². The first-order valence-electron chi connectivity index (χ1n) is 7.53. The lowest BCUT2D eigenvalue weighted by molar-refractivity contribution is 0.112. The summed E-state index contributed by atoms with van der Waals surface area (Å²) in [4.78, 5) is 22.3. The Morgan fingerprint density at radius 1 is 1.19 bits per heavy atom. The lowest BCUT2D eigenvalue weighted by Crippen LogP contribution is -2.17. The highest BCUT2D eigenvalue weighted by molar-refractivity contribution is 5.86. The zero-order valence-electron chi connectivity index (χ0n) is 11.9. The molecule has 3 rings (SSSR count). The maximum absolute atomic E-state index is 11.6. The second kappa shape index (κ2) is 6.12. The fraction of sp³-hybridized carbons (Fsp3) is 0.412. The number of anilines is 1. The molecule has 4 nitrogen and oxygen atoms in total. The summed E-state index contributed by atoms with van der Waals surface area (Å²) in [5.74, 6) is 0.735. The van der Waals surface area contributed by atoms with Crippen LogP contribution in [0.4, 0.5) is 5.69 Å². The molecule has 1 saturated carbocycles. The maximum atomic E-state index is 11.6. The van der Waals surface area contributed by atoms with Crippen molar-refractivity contribution < 1.29 is 9.21 Å². The molecule has 0 amide bonds. The summed E-state index contributed by atoms with van der Waals surface area (Å²) in [6.07, 6.45) is 7.12. The van der Waals surface area contributed by atoms with Gasteiger partial charge in [-0.3, -0.25) is 4.79 Å². The van der Waals surface area contributed by atoms with Crippen LogP contribution < -0.4 is 10.9 Å². The van der Waals surface area contributed by atoms with E-state index in [1.165, 1.54) is 32.1 Å². The number of hydrogen-bond acceptors (Lipinski definition) is 4. The number of carbonyl (C=O) groups excluding carboxylic acids is 1. The number of carbonyl (C=O) groups is 1. The Hall–Kier alpha value is -2.10. The molecular weight excluding hydrogens is 266 g/mol. The van der Waals surface area contributed by atoms with Crippen LogP contribution in [0.5, 0.6) is 0 Å². The van der Waals surface area contributed by atoms with Gasteiger partial charge >= 0.3 is 5.63 Å². The Labute approximate surface area is 123 Å². The average molecular weight is 285 g/mol. The third-order valence-electron chi connectivity index (χ3n) is 4.21. The van der Waals surface area contributed by atoms with Crippen molar-refractivity contribution in [3.05, 3.63) is 40.2 Å². The highest BCUT2D eigenvalue weighted by Crippen LogP contribution is 2.25. The number of nitrogens with one attached hydrogen (secondary N) is 1. The molecule has 1 N–H and O–H groups in total. The topological polar surface area (TPSA) is 59.3 Å². The van der Waals surface area contributed by atoms with E-state index in [4.69, 9.17) is 4.42 Å². The molecule has 1 aliphatic rings. The van der Waals surface area contributed by atoms with Crippen molar-refractivity contribution in [3.63, 3.8) is 0 Å². The normalized spacial score (nSPS) is 16.0. The van der Waals surface area contributed by atoms with Gasteiger partial charge in [-0.2, -0.15) is 0 Å². The van der Waals surface area contributed by atoms with Gasteiger partial charge in [-0.1, -0.05) is 19.3 Å². The Bertz CT molecular complexity index is 699. The molecule has 0 unspecified atom stereocenters. The van der Waals surface area contributed by atoms with Crippen molar-refractivity contribution in [1.82, 2.24) is 0 Å². The van der Waals surface area contributed by atoms with E-state index in [1.54, 1.807) is 6.07 Å². The van der Waals surface area contributed by atoms with Crippen LogP contribution in [0.1, 0.15) is 42.5 Å². The van der Waals surface area contributed by atoms with Gasteiger partial charge in [0.15, 0.2) is 6.29 Å². The molecule has 110 valence electrons. The summed E-state index contributed by atoms with van der Waals surface area (Å²) in [5.41, 5.74) is 0.946. The second-order valence-electron chi connectivity index (χ2n) is 5.74. The van der Waals surface area contributed by atoms with Crippen LogP contribution in [0, 0.1) is 5.92 Å². The van der Waals surface area contributed by atoms with Crippen LogP contribution >= 0.6 is 0 Å². The molecule has 1 aromatic carbocycles. The zero-order chi connectivity index (χ0) is 14.7. The first kappa shape index (κ1) is 13.9. The first-order chi connectivity index (χ1) is 10.3. The van der Waals surface area contributed by atoms with Crippen LogP contribution in [0.25, 0.3) is 11.0 Å². The van der Waals surface area contributed by atoms with Crippen LogP contribution in [0.2, 0.25) is 0 Å². The maximum Gasteiger partial charge on any atom is 0.346 e. The standard InChI is InChI=1S/C17H19NO3/c19-11-14-8-13-6-7-15(9-16(13)21-17(14)20)18-10-12-4-2-1-3-5-12/h6-9,11-12,18H,1-5,10H2. The van der Waals surface area contributed by atoms with E-state index in [1.807, 2.05) is 18.2 Å². The van der Waals surface area contributed by atoms with Gasteiger partial charge in [-0.05, 0) is 37.0 Å². The van der Waals surface area contributed by atoms with Crippen LogP contribution in [-0.4, -0.2) is 12.8 Å². The summed E-state index contributed by atoms with van der Waals surface area (Å²) in [5, 5.41) is 4.19. The van der Waals surface area contributed by atoms with Gasteiger partial charge in [0.2, 0.25) is 0 Å². The number of benzene rings is 1. The zero-order valence-corrected chi connectivity index (χ0v) is 11.9. The van der Waals surface area contributed by atoms with E-state index < -0.39 is 5.63 Å². The van der Waals surface area contributed by atoms with Crippen molar-refractivity contribution in [3.8, 4) is 0 Å². The molecule has 0 spiro atoms. The molecule has 4 heteroatoms. The van der Waals surface area contributed by atoms with Gasteiger partial charge in [-0.25, -0.2) is 4.79 Å². The van der Waals surface area contributed by atoms with E-state index in [9.17, 15) is 9.59 Å². The van der Waals surface area contributed by atoms with Crippen molar-refractivity contribution in [2.45, 2.75) is 32.1 Å². The fourth-order valence-corrected chi connectivity index (χ4v) is 2.97. The Morgan fingerprint density at radius 2 is 2.00 bits per heavy atom. The molecule has 21 heavy (non-hydrogen) atoms. The van der Waals surface area contributed by atoms with Gasteiger partial charge in [0.05, 0.1) is 0 Å². The lowest BCUT2D eigenvalue weighted by atomic mass is 9.89. The van der Waals surface area contributed by atoms with Gasteiger partial charge in [0, 0.05) is 23.7 Å². The third-order valence-corrected chi connectivity index (χ3v) is 4.21. The number of fused-ring (bicyclic) bond motifs is 1. The predicted octanol–water partition coefficient (Wildman–Crippen LogP) is 3.60. The predicted molar refractivity (Wildman–Crippen MR) is 82.9 cm³/mol. The number of aldehydes is 1. The summed E-state index contributed by atoms with van der Waals surface area (Å²) >= 11 is 0. The third kappa shape index (κ3) is 3.15. The fourth-order valence-electron chi connectivity index (χ4n) is 2.97. The molecule has 1 aromatic heterocycles. The van der Waals surface area contributed by atoms with E-state index >= 15 is 0 Å². The Morgan fingerprint density at radius 3 is 2.76 bits per heavy atom. The van der Waals surface area contributed by atoms with E-state index in [0.717, 1.165) is 23.5 Å². The van der Waals surface area contributed by atoms with Crippen molar-refractivity contribution >= 4 is 22.9 Å². The SMILES string of the molecule is O=Cc1cc2ccc(NCC3CCCCC3)cc2oc1=O. The van der Waals surface area contributed by atoms with Crippen molar-refractivity contribution in [2.24, 2.45) is 5.92 Å². The van der Waals surface area contributed by atoms with Gasteiger partial charge in [0.1, 0.15) is 11.1 Å². The lowest BCUT2D eigenvalue weighted by Gasteiger charge is -2.22. The molecule has 0 radical (unpaired) electrons. The highest BCUT2D eigenvalue weighted by Gasteiger charge is 2.13. The largest absolute Gasteiger partial charge is 0.422 e. The number of rotatable bonds is 4. The monoisotopic (exact) mass is 285 g/mol. The molecular formula is C17H19NO3. The summed E-state index contributed by atoms with van der Waals surface area (Å²) < 4.78 is 5.19. The van der Waals surface area contributed by atoms with E-state index in [-0.39, 0.29) is 5.56 Å². The minimum Gasteiger partial charge on any atom is -0.422 e. The Balaban J connectivity index is 1.77. The molecule has 0 bridgehead atoms. The molecule has 2 aromatic rings. The summed E-state index contributed by atoms with van der Waals surface area (Å²) in [7, 11) is 0. The van der Waals surface area contributed by atoms with Crippen molar-refractivity contribution in [2.75, 3.05) is 11.9 Å². The average Bonchev–Trinajstić information content (AvgIpc) is 2.53. The molecule has 1 heterocycles. The second-order valence-corrected chi connectivity index (χ2v) is 5.74. The van der Waals surface area contributed by atoms with E-state index in [2.05, 4.69) is 5.32 Å². The van der Waals surface area contributed by atoms with Crippen molar-refractivity contribution in [1.29, 1.82) is 0 Å². The van der Waals surface area contributed by atoms with Gasteiger partial charge in [0.25, 0.3) is 0 Å². The smallest absolute Gasteiger partial charge is 0.346 e. The minimum absolute atomic E-state index is 0.0606. The molecule has 0 saturated heterocycles. The number of hydrogen-bond donors (Lipinski definition) is 1. The minimum atomic E-state index is -0.582. The van der Waals surface area contributed by atoms with Gasteiger partial charge < -0.3 is 9.73 Å². The Kier molecular flexibility index (Phi) is 4.04. The van der Waals surface area contributed by atoms with Crippen LogP contribution in [-0.2, 0) is 0 Å². The molecule has 1 aliphatic carbocycles. The van der Waals surface area contributed by atoms with Crippen LogP contribution in [0.3, 0.4) is 0 Å². The highest BCUT2D eigenvalue weighted by atomic mass is 16.4. The molecule has 1 fully saturated rings. The summed E-state index contributed by atoms with van der Waals surface area (Å²) in [6, 6.07) is 7.22. The molecule has 0 atom stereocenters. The quantitative estimate of drug-likeness (QED) is 0.689. The first-order valence-corrected chi connectivity index (χ1v) is 7.53.